The molecule has 24 rings (SSSR count). The van der Waals surface area contributed by atoms with E-state index in [1.54, 1.807) is 54.5 Å². The molecule has 9 atom stereocenters. The minimum absolute atomic E-state index is 0.0453. The van der Waals surface area contributed by atoms with Gasteiger partial charge < -0.3 is 52.8 Å². The molecular formula is C103H137N29O2S7. The van der Waals surface area contributed by atoms with Crippen LogP contribution in [0, 0.1) is 18.8 Å². The molecule has 0 bridgehead atoms. The van der Waals surface area contributed by atoms with Crippen molar-refractivity contribution in [1.29, 1.82) is 0 Å². The van der Waals surface area contributed by atoms with Gasteiger partial charge in [-0.05, 0) is 212 Å². The van der Waals surface area contributed by atoms with Crippen LogP contribution in [0.5, 0.6) is 0 Å². The van der Waals surface area contributed by atoms with Gasteiger partial charge in [0, 0.05) is 131 Å². The lowest BCUT2D eigenvalue weighted by atomic mass is 9.83. The third kappa shape index (κ3) is 29.2. The van der Waals surface area contributed by atoms with Crippen LogP contribution in [0.15, 0.2) is 142 Å². The Morgan fingerprint density at radius 2 is 0.957 bits per heavy atom. The van der Waals surface area contributed by atoms with Crippen molar-refractivity contribution >= 4 is 131 Å². The SMILES string of the molecule is CC(C)(C)c1cnc2c(n1)C(NC1=NCCS1)CCC2.CC(C)Sc1ccc2c(n1)C(NC1=NCCN1)CCC2.CCC1CCc2nccnc2C1NC1=NCCS1.Cc1cnc2c(c1)CCCC2NC1=NCCS1.O=Cc1cnc2c(c1)CCCC2NC1=NCCN1.O=c1cnc2c([nH]1)CCCC2NC1=NCCS1.c1cnc2c(c1)CCC(CC1=NCCS1)C2.c1cnc2c(n1)CCC2NC1=NCCS1. The van der Waals surface area contributed by atoms with Gasteiger partial charge in [-0.1, -0.05) is 125 Å². The van der Waals surface area contributed by atoms with Crippen LogP contribution in [0.3, 0.4) is 0 Å². The third-order valence-corrected chi connectivity index (χ3v) is 33.4. The molecule has 8 aliphatic heterocycles. The van der Waals surface area contributed by atoms with Crippen molar-refractivity contribution < 1.29 is 4.79 Å². The molecule has 8 aromatic rings. The molecular weight excluding hydrogens is 1900 g/mol. The minimum atomic E-state index is -0.114. The van der Waals surface area contributed by atoms with Crippen molar-refractivity contribution in [1.82, 2.24) is 108 Å². The molecule has 0 saturated carbocycles. The first-order valence-electron chi connectivity index (χ1n) is 51.0. The van der Waals surface area contributed by atoms with Gasteiger partial charge in [0.15, 0.2) is 44.0 Å². The summed E-state index contributed by atoms with van der Waals surface area (Å²) < 4.78 is 0. The fourth-order valence-corrected chi connectivity index (χ4v) is 25.5. The van der Waals surface area contributed by atoms with E-state index in [1.807, 2.05) is 83.5 Å². The maximum absolute atomic E-state index is 11.2. The molecule has 0 radical (unpaired) electrons. The van der Waals surface area contributed by atoms with E-state index in [0.717, 1.165) is 296 Å². The first kappa shape index (κ1) is 103. The molecule has 0 saturated heterocycles. The summed E-state index contributed by atoms with van der Waals surface area (Å²) in [5.74, 6) is 9.86. The Bertz CT molecular complexity index is 5900. The lowest BCUT2D eigenvalue weighted by molar-refractivity contribution is 0.112. The van der Waals surface area contributed by atoms with Crippen molar-refractivity contribution in [2.24, 2.45) is 51.8 Å². The number of guanidine groups is 2. The van der Waals surface area contributed by atoms with Crippen LogP contribution in [0.4, 0.5) is 0 Å². The number of hydrogen-bond donors (Lipinski definition) is 10. The normalized spacial score (nSPS) is 23.2. The molecule has 0 amide bonds. The number of aryl methyl sites for hydroxylation is 9. The number of thioether (sulfide) groups is 7. The molecule has 31 nitrogen and oxygen atoms in total. The van der Waals surface area contributed by atoms with Gasteiger partial charge in [-0.15, -0.1) is 23.5 Å². The average Bonchev–Trinajstić information content (AvgIpc) is 1.63. The zero-order valence-electron chi connectivity index (χ0n) is 82.5. The van der Waals surface area contributed by atoms with Crippen LogP contribution >= 0.6 is 82.3 Å². The van der Waals surface area contributed by atoms with Crippen LogP contribution in [-0.2, 0) is 63.2 Å². The van der Waals surface area contributed by atoms with Gasteiger partial charge in [0.1, 0.15) is 0 Å². The molecule has 10 N–H and O–H groups in total. The number of nitrogens with zero attached hydrogens (tertiary/aromatic N) is 19. The van der Waals surface area contributed by atoms with Crippen LogP contribution in [-0.4, -0.2) is 214 Å². The molecule has 16 heterocycles. The smallest absolute Gasteiger partial charge is 0.266 e. The van der Waals surface area contributed by atoms with Crippen LogP contribution < -0.4 is 53.4 Å². The number of amidine groups is 5. The number of aromatic nitrogens is 12. The van der Waals surface area contributed by atoms with Crippen molar-refractivity contribution in [3.63, 3.8) is 0 Å². The van der Waals surface area contributed by atoms with E-state index in [9.17, 15) is 9.59 Å². The lowest BCUT2D eigenvalue weighted by Crippen LogP contribution is -2.38. The topological polar surface area (TPSA) is 399 Å². The van der Waals surface area contributed by atoms with E-state index in [2.05, 4.69) is 216 Å². The monoisotopic (exact) mass is 2040 g/mol. The van der Waals surface area contributed by atoms with Crippen molar-refractivity contribution in [3.8, 4) is 0 Å². The van der Waals surface area contributed by atoms with E-state index in [4.69, 9.17) is 9.97 Å². The summed E-state index contributed by atoms with van der Waals surface area (Å²) >= 11 is 12.8. The number of aliphatic imine (C=N–C) groups is 8. The zero-order valence-corrected chi connectivity index (χ0v) is 88.2. The zero-order chi connectivity index (χ0) is 97.1. The molecule has 0 spiro atoms. The van der Waals surface area contributed by atoms with Crippen LogP contribution in [0.2, 0.25) is 0 Å². The lowest BCUT2D eigenvalue weighted by Gasteiger charge is -2.32. The Morgan fingerprint density at radius 1 is 0.440 bits per heavy atom. The highest BCUT2D eigenvalue weighted by Gasteiger charge is 2.36. The van der Waals surface area contributed by atoms with Gasteiger partial charge in [0.2, 0.25) is 0 Å². The van der Waals surface area contributed by atoms with Gasteiger partial charge in [0.05, 0.1) is 167 Å². The quantitative estimate of drug-likeness (QED) is 0.0378. The van der Waals surface area contributed by atoms with E-state index in [1.165, 1.54) is 126 Å². The summed E-state index contributed by atoms with van der Waals surface area (Å²) in [5, 5.41) is 39.4. The Kier molecular flexibility index (Phi) is 37.7. The summed E-state index contributed by atoms with van der Waals surface area (Å²) in [5.41, 5.74) is 22.0. The first-order valence-corrected chi connectivity index (χ1v) is 57.8. The molecule has 141 heavy (non-hydrogen) atoms. The number of pyridine rings is 4. The maximum Gasteiger partial charge on any atom is 0.266 e. The Balaban J connectivity index is 0.000000111. The highest BCUT2D eigenvalue weighted by atomic mass is 32.2. The van der Waals surface area contributed by atoms with E-state index >= 15 is 0 Å². The molecule has 8 aromatic heterocycles. The number of fused-ring (bicyclic) bond motifs is 8. The Morgan fingerprint density at radius 3 is 1.55 bits per heavy atom. The Hall–Kier alpha value is -9.60. The van der Waals surface area contributed by atoms with Crippen molar-refractivity contribution in [2.45, 2.75) is 261 Å². The number of aldehydes is 1. The van der Waals surface area contributed by atoms with Crippen LogP contribution in [0.1, 0.15) is 292 Å². The highest BCUT2D eigenvalue weighted by Crippen LogP contribution is 2.40. The predicted octanol–water partition coefficient (Wildman–Crippen LogP) is 15.5. The van der Waals surface area contributed by atoms with Crippen molar-refractivity contribution in [3.05, 3.63) is 210 Å². The fraction of sp³-hybridized carbons (Fsp3) is 0.563. The molecule has 16 aliphatic rings. The van der Waals surface area contributed by atoms with Crippen LogP contribution in [0.25, 0.3) is 0 Å². The Labute approximate surface area is 859 Å². The maximum atomic E-state index is 11.2. The highest BCUT2D eigenvalue weighted by molar-refractivity contribution is 8.15. The fourth-order valence-electron chi connectivity index (χ4n) is 19.9. The second-order valence-corrected chi connectivity index (χ2v) is 46.8. The second kappa shape index (κ2) is 51.8. The summed E-state index contributed by atoms with van der Waals surface area (Å²) in [4.78, 5) is 110. The van der Waals surface area contributed by atoms with E-state index in [-0.39, 0.29) is 35.1 Å². The van der Waals surface area contributed by atoms with Gasteiger partial charge in [0.25, 0.3) is 5.56 Å². The summed E-state index contributed by atoms with van der Waals surface area (Å²) in [7, 11) is 0. The molecule has 8 aliphatic carbocycles. The molecule has 0 fully saturated rings. The summed E-state index contributed by atoms with van der Waals surface area (Å²) in [6, 6.07) is 14.9. The number of rotatable bonds is 13. The number of carbonyl (C=O) groups is 1. The largest absolute Gasteiger partial charge is 0.357 e. The number of aromatic amines is 1. The minimum Gasteiger partial charge on any atom is -0.357 e. The third-order valence-electron chi connectivity index (χ3n) is 26.9. The average molecular weight is 2040 g/mol. The van der Waals surface area contributed by atoms with Gasteiger partial charge in [-0.25, -0.2) is 4.98 Å². The van der Waals surface area contributed by atoms with Gasteiger partial charge in [-0.3, -0.25) is 99.4 Å². The standard InChI is InChI=1S/2C15H22N4S.C13H16N4O.C13H18N4S.C13H17N3S.C13H16N2S.C11H14N4OS.C10H12N4S/c1-15(2,3)12-9-17-10-5-4-6-11(13(10)19-12)18-14-16-7-8-20-14;1-10(2)20-13-7-6-11-4-3-5-12(14(11)19-13)18-15-16-8-9-17-15;18-8-9-6-10-2-1-3-11(12(10)16-7-9)17-13-14-4-5-15-13;1-2-9-3-4-10-12(15-6-5-14-10)11(9)17-13-16-7-8-18-13;1-9-7-10-3-2-4-11(12(10)15-8-9)16-13-14-5-6-17-13;1-2-11-4-3-10(8-12(11)14-5-1)9-13-15-6-7-16-13;16-9-6-13-10-7(14-9)2-1-3-8(10)15-11-12-4-5-17-11;1-2-8(14-10-13-5-6-15-10)9-7(1)11-3-4-12-9/h9,11H,4-8H2,1-3H3,(H,16,18);6-7,10,12H,3-5,8-9H2,1-2H3,(H2,16,17,18);6-8,11H,1-5H2,(H2,14,15,17);5-6,9,11H,2-4,7-8H2,1H3,(H,16,17);7-8,11H,2-6H2,1H3,(H,14,16);1-2,5,10H,3-4,6-9H2;6,8H,1-5H2,(H,12,15)(H,14,16);3-4,8H,1-2,5-6H2,(H,13,14). The molecule has 9 unspecified atom stereocenters. The molecule has 38 heteroatoms. The predicted molar refractivity (Wildman–Crippen MR) is 583 cm³/mol. The number of H-pyrrole nitrogens is 1. The molecule has 0 aromatic carbocycles. The second-order valence-electron chi connectivity index (χ2n) is 38.6. The van der Waals surface area contributed by atoms with Gasteiger partial charge in [-0.2, -0.15) is 0 Å². The number of hydrogen-bond acceptors (Lipinski definition) is 37. The molecule has 748 valence electrons. The first-order chi connectivity index (χ1) is 69.0. The number of carbonyl (C=O) groups excluding carboxylic acids is 1. The number of nitrogens with one attached hydrogen (secondary N) is 10. The summed E-state index contributed by atoms with van der Waals surface area (Å²) in [6.45, 7) is 24.6. The van der Waals surface area contributed by atoms with E-state index < -0.39 is 0 Å². The summed E-state index contributed by atoms with van der Waals surface area (Å²) in [6.07, 6.45) is 43.8. The van der Waals surface area contributed by atoms with E-state index in [0.29, 0.717) is 34.9 Å². The van der Waals surface area contributed by atoms with Gasteiger partial charge >= 0.3 is 0 Å². The van der Waals surface area contributed by atoms with Crippen molar-refractivity contribution in [2.75, 3.05) is 100.0 Å².